The Morgan fingerprint density at radius 2 is 1.14 bits per heavy atom. The zero-order valence-corrected chi connectivity index (χ0v) is 70.5. The van der Waals surface area contributed by atoms with Crippen molar-refractivity contribution in [3.05, 3.63) is 115 Å². The Morgan fingerprint density at radius 3 is 1.69 bits per heavy atom. The molecule has 24 N–H and O–H groups in total. The number of ether oxygens (including phenoxy) is 1. The number of unbranched alkanes of at least 4 members (excludes halogenated alkanes) is 2. The second-order valence-electron chi connectivity index (χ2n) is 30.6. The van der Waals surface area contributed by atoms with Gasteiger partial charge in [0.2, 0.25) is 65.0 Å². The van der Waals surface area contributed by atoms with Crippen LogP contribution >= 0.6 is 0 Å². The largest absolute Gasteiger partial charge is 0.497 e. The molecular weight excluding hydrogens is 1680 g/mol. The molecule has 5 aromatic rings. The lowest BCUT2D eigenvalue weighted by Gasteiger charge is -2.32. The number of carboxylic acid groups (broad SMARTS) is 2. The Labute approximate surface area is 725 Å². The summed E-state index contributed by atoms with van der Waals surface area (Å²) < 4.78 is 42.4. The number of hydrogen-bond acceptors (Lipinski definition) is 24. The third-order valence-corrected chi connectivity index (χ3v) is 20.9. The Morgan fingerprint density at radius 1 is 0.614 bits per heavy atom. The number of hydrogen-bond donors (Lipinski definition) is 20. The standard InChI is InChI=1S/C78H110N22O20.C2HF3O2/c1-5-16-53(68(106)95-58(37-45-42-88-50-18-7-6-17-48(45)50)71(109)92-54(21-12-33-86-77(81)82)69(107)90-52(67(80)105)19-9-11-32-85-51-28-25-46(99(115)116)40-61(51)100(117)118)91-70(108)55(29-30-64(102)103)93-74(112)66(43(2)3)96-73(111)60-24-15-36-98(60)76(114)57(20-8-10-31-79)94-72(110)59-23-14-35-97(59)75(113)56(22-13-34-87-78(83)84)89-63(101)38-44-39-65(104)120-62-41-47(119-4)26-27-49(44)62;3-2(4,5)1(6)7/h6-7,17-18,25-28,39-43,52-60,66,85,88H,5,8-16,19-24,29-38,79H2,1-4H3,(H2,80,105)(H,89,101)(H,90,107)(H,91,108)(H,92,109)(H,93,112)(H,94,110)(H,95,106)(H,96,111)(H,102,103)(H4,81,82,86)(H4,83,84,87);(H,6,7)/t52-,53-,54-,55-,56-,57-,58-,59-,60-,66-;/m0./s1. The molecular formula is C80H111F3N22O22. The van der Waals surface area contributed by atoms with Gasteiger partial charge >= 0.3 is 23.7 Å². The van der Waals surface area contributed by atoms with Crippen LogP contribution in [0.2, 0.25) is 0 Å². The number of aromatic amines is 1. The molecule has 11 amide bonds. The molecule has 0 unspecified atom stereocenters. The van der Waals surface area contributed by atoms with E-state index in [1.165, 1.54) is 35.1 Å². The fourth-order valence-corrected chi connectivity index (χ4v) is 14.4. The highest BCUT2D eigenvalue weighted by molar-refractivity contribution is 6.00. The summed E-state index contributed by atoms with van der Waals surface area (Å²) in [6, 6.07) is 2.31. The van der Waals surface area contributed by atoms with E-state index in [0.29, 0.717) is 58.8 Å². The fraction of sp³-hybridized carbons (Fsp3) is 0.525. The zero-order valence-electron chi connectivity index (χ0n) is 70.5. The minimum absolute atomic E-state index is 0.00260. The molecule has 694 valence electrons. The van der Waals surface area contributed by atoms with E-state index in [9.17, 15) is 101 Å². The van der Waals surface area contributed by atoms with Crippen molar-refractivity contribution in [2.24, 2.45) is 28.9 Å². The zero-order chi connectivity index (χ0) is 93.9. The van der Waals surface area contributed by atoms with Gasteiger partial charge in [-0.15, -0.1) is 0 Å². The maximum Gasteiger partial charge on any atom is 0.490 e. The lowest BCUT2D eigenvalue weighted by molar-refractivity contribution is -0.393. The van der Waals surface area contributed by atoms with Crippen LogP contribution in [0.15, 0.2) is 82.1 Å². The molecule has 0 aliphatic carbocycles. The number of para-hydroxylation sites is 1. The minimum Gasteiger partial charge on any atom is -0.497 e. The lowest BCUT2D eigenvalue weighted by atomic mass is 10.0. The number of primary amides is 1. The van der Waals surface area contributed by atoms with Crippen LogP contribution < -0.4 is 91.8 Å². The summed E-state index contributed by atoms with van der Waals surface area (Å²) in [6.45, 7) is 5.51. The maximum absolute atomic E-state index is 14.9. The number of nitrogens with two attached hydrogens (primary N) is 4. The van der Waals surface area contributed by atoms with Crippen LogP contribution in [0.4, 0.5) is 30.2 Å². The highest BCUT2D eigenvalue weighted by Crippen LogP contribution is 2.31. The quantitative estimate of drug-likeness (QED) is 0.00648. The molecule has 0 spiro atoms. The average molecular weight is 1790 g/mol. The van der Waals surface area contributed by atoms with Crippen molar-refractivity contribution < 1.29 is 105 Å². The van der Waals surface area contributed by atoms with Crippen molar-refractivity contribution in [2.45, 2.75) is 216 Å². The van der Waals surface area contributed by atoms with Crippen molar-refractivity contribution in [2.75, 3.05) is 51.7 Å². The first-order valence-corrected chi connectivity index (χ1v) is 41.2. The van der Waals surface area contributed by atoms with Crippen LogP contribution in [0, 0.1) is 37.0 Å². The first kappa shape index (κ1) is 102. The first-order chi connectivity index (χ1) is 60.2. The molecule has 2 fully saturated rings. The van der Waals surface area contributed by atoms with Gasteiger partial charge in [-0.05, 0) is 151 Å². The molecule has 3 aromatic carbocycles. The number of nitro groups is 2. The van der Waals surface area contributed by atoms with Crippen molar-refractivity contribution in [3.8, 4) is 5.75 Å². The number of nitrogens with zero attached hydrogens (tertiary/aromatic N) is 4. The number of nitro benzene ring substituents is 2. The summed E-state index contributed by atoms with van der Waals surface area (Å²) in [5.41, 5.74) is 22.6. The number of halogens is 3. The SMILES string of the molecule is CCC[C@H](NC(=O)[C@H](CCC(=O)O)NC(=O)[C@@H](NC(=O)[C@@H]1CCCN1C(=O)[C@H](CCCCN)NC(=O)[C@@H]1CCCN1C(=O)[C@H](CCCNC(=N)N)NC(=O)Cc1cc(=O)oc2cc(OC)ccc12)C(C)C)C(=O)N[C@@H](Cc1c[nH]c2ccccc12)C(=O)N[C@@H](CCCNC(=N)N)C(=O)N[C@@H](CCCCNc1ccc([N+](=O)[O-])cc1[N+](=O)[O-])C(N)=O.O=C(O)C(F)(F)F. The second-order valence-corrected chi connectivity index (χ2v) is 30.6. The van der Waals surface area contributed by atoms with E-state index in [1.807, 2.05) is 0 Å². The smallest absolute Gasteiger partial charge is 0.490 e. The molecule has 47 heteroatoms. The van der Waals surface area contributed by atoms with E-state index in [0.717, 1.165) is 12.1 Å². The topological polar surface area (TPSA) is 694 Å². The number of H-pyrrole nitrogens is 1. The number of guanidine groups is 2. The van der Waals surface area contributed by atoms with Gasteiger partial charge in [0, 0.05) is 86.3 Å². The third kappa shape index (κ3) is 31.7. The molecule has 2 aromatic heterocycles. The van der Waals surface area contributed by atoms with Gasteiger partial charge in [-0.1, -0.05) is 45.4 Å². The number of rotatable bonds is 49. The van der Waals surface area contributed by atoms with Crippen LogP contribution in [-0.2, 0) is 75.2 Å². The Bertz CT molecular complexity index is 4840. The van der Waals surface area contributed by atoms with E-state index in [4.69, 9.17) is 52.8 Å². The molecule has 7 rings (SSSR count). The van der Waals surface area contributed by atoms with Crippen LogP contribution in [-0.4, -0.2) is 237 Å². The average Bonchev–Trinajstić information content (AvgIpc) is 1.77. The van der Waals surface area contributed by atoms with Gasteiger partial charge in [0.05, 0.1) is 29.4 Å². The molecule has 2 aliphatic heterocycles. The molecule has 44 nitrogen and oxygen atoms in total. The summed E-state index contributed by atoms with van der Waals surface area (Å²) in [5, 5.41) is 86.1. The van der Waals surface area contributed by atoms with Crippen molar-refractivity contribution in [1.82, 2.24) is 68.0 Å². The van der Waals surface area contributed by atoms with Gasteiger partial charge < -0.3 is 116 Å². The molecule has 2 aliphatic rings. The molecule has 0 saturated carbocycles. The summed E-state index contributed by atoms with van der Waals surface area (Å²) in [5.74, 6) is -14.2. The number of nitrogens with one attached hydrogen (secondary N) is 14. The number of likely N-dealkylation sites (tertiary alicyclic amines) is 2. The molecule has 0 radical (unpaired) electrons. The van der Waals surface area contributed by atoms with Gasteiger partial charge in [0.25, 0.3) is 11.4 Å². The first-order valence-electron chi connectivity index (χ1n) is 41.2. The number of carbonyl (C=O) groups excluding carboxylic acids is 11. The van der Waals surface area contributed by atoms with E-state index < -0.39 is 195 Å². The predicted molar refractivity (Wildman–Crippen MR) is 452 cm³/mol. The Hall–Kier alpha value is -13.8. The Kier molecular flexibility index (Phi) is 39.9. The number of aliphatic carboxylic acids is 2. The molecule has 2 saturated heterocycles. The van der Waals surface area contributed by atoms with E-state index in [-0.39, 0.29) is 146 Å². The van der Waals surface area contributed by atoms with Gasteiger partial charge in [-0.3, -0.25) is 88.6 Å². The van der Waals surface area contributed by atoms with Crippen LogP contribution in [0.3, 0.4) is 0 Å². The van der Waals surface area contributed by atoms with Gasteiger partial charge in [0.1, 0.15) is 77.4 Å². The van der Waals surface area contributed by atoms with Crippen molar-refractivity contribution in [1.29, 1.82) is 10.8 Å². The normalized spacial score (nSPS) is 15.5. The van der Waals surface area contributed by atoms with Gasteiger partial charge in [-0.2, -0.15) is 13.2 Å². The molecule has 127 heavy (non-hydrogen) atoms. The van der Waals surface area contributed by atoms with E-state index in [2.05, 4.69) is 63.5 Å². The highest BCUT2D eigenvalue weighted by atomic mass is 19.4. The third-order valence-electron chi connectivity index (χ3n) is 20.9. The Balaban J connectivity index is 0.00000340. The molecule has 10 atom stereocenters. The second kappa shape index (κ2) is 49.6. The number of fused-ring (bicyclic) bond motifs is 2. The molecule has 4 heterocycles. The number of benzene rings is 3. The number of amides is 11. The summed E-state index contributed by atoms with van der Waals surface area (Å²) >= 11 is 0. The monoisotopic (exact) mass is 1790 g/mol. The number of carbonyl (C=O) groups is 13. The maximum atomic E-state index is 14.9. The lowest BCUT2D eigenvalue weighted by Crippen LogP contribution is -2.61. The minimum atomic E-state index is -5.08. The number of anilines is 1. The number of non-ortho nitro benzene ring substituents is 1. The fourth-order valence-electron chi connectivity index (χ4n) is 14.4. The van der Waals surface area contributed by atoms with Crippen molar-refractivity contribution >= 4 is 128 Å². The summed E-state index contributed by atoms with van der Waals surface area (Å²) in [4.78, 5) is 220. The van der Waals surface area contributed by atoms with Crippen LogP contribution in [0.1, 0.15) is 147 Å². The molecule has 0 bridgehead atoms. The van der Waals surface area contributed by atoms with E-state index >= 15 is 0 Å². The number of carboxylic acids is 2. The van der Waals surface area contributed by atoms with E-state index in [1.54, 1.807) is 63.4 Å². The predicted octanol–water partition coefficient (Wildman–Crippen LogP) is 1.12. The van der Waals surface area contributed by atoms with Crippen LogP contribution in [0.25, 0.3) is 21.9 Å². The highest BCUT2D eigenvalue weighted by Gasteiger charge is 2.44. The van der Waals surface area contributed by atoms with Gasteiger partial charge in [-0.25, -0.2) is 9.59 Å². The number of methoxy groups -OCH3 is 1. The summed E-state index contributed by atoms with van der Waals surface area (Å²) in [6.07, 6.45) is -2.73. The van der Waals surface area contributed by atoms with Gasteiger partial charge in [0.15, 0.2) is 11.9 Å². The van der Waals surface area contributed by atoms with Crippen molar-refractivity contribution in [3.63, 3.8) is 0 Å². The summed E-state index contributed by atoms with van der Waals surface area (Å²) in [7, 11) is 1.44. The number of aromatic nitrogens is 1. The van der Waals surface area contributed by atoms with Crippen LogP contribution in [0.5, 0.6) is 5.75 Å². The number of alkyl halides is 3.